The van der Waals surface area contributed by atoms with E-state index in [4.69, 9.17) is 4.74 Å². The van der Waals surface area contributed by atoms with E-state index in [-0.39, 0.29) is 5.91 Å². The SMILES string of the molecule is COc1cccc(-n2nc(C)c(CCC(=O)NC3CC3)c2C)c1. The molecule has 5 heteroatoms. The average molecular weight is 313 g/mol. The molecular formula is C18H23N3O2. The number of hydrogen-bond donors (Lipinski definition) is 1. The number of aromatic nitrogens is 2. The molecule has 0 spiro atoms. The van der Waals surface area contributed by atoms with E-state index in [9.17, 15) is 4.79 Å². The molecule has 0 radical (unpaired) electrons. The Balaban J connectivity index is 1.76. The lowest BCUT2D eigenvalue weighted by Gasteiger charge is -2.07. The Bertz CT molecular complexity index is 717. The molecule has 3 rings (SSSR count). The zero-order valence-electron chi connectivity index (χ0n) is 13.9. The number of hydrogen-bond acceptors (Lipinski definition) is 3. The van der Waals surface area contributed by atoms with Crippen LogP contribution in [0.25, 0.3) is 5.69 Å². The quantitative estimate of drug-likeness (QED) is 0.892. The fourth-order valence-corrected chi connectivity index (χ4v) is 2.80. The molecule has 0 aliphatic heterocycles. The van der Waals surface area contributed by atoms with Crippen molar-refractivity contribution in [1.82, 2.24) is 15.1 Å². The van der Waals surface area contributed by atoms with Gasteiger partial charge in [-0.2, -0.15) is 5.10 Å². The maximum Gasteiger partial charge on any atom is 0.220 e. The van der Waals surface area contributed by atoms with Gasteiger partial charge in [0.15, 0.2) is 0 Å². The third kappa shape index (κ3) is 3.55. The molecule has 0 saturated heterocycles. The van der Waals surface area contributed by atoms with Gasteiger partial charge < -0.3 is 10.1 Å². The van der Waals surface area contributed by atoms with Crippen molar-refractivity contribution >= 4 is 5.91 Å². The van der Waals surface area contributed by atoms with Crippen molar-refractivity contribution < 1.29 is 9.53 Å². The molecule has 1 fully saturated rings. The number of nitrogens with zero attached hydrogens (tertiary/aromatic N) is 2. The van der Waals surface area contributed by atoms with Crippen LogP contribution in [0.4, 0.5) is 0 Å². The normalized spacial score (nSPS) is 13.9. The molecule has 1 aromatic carbocycles. The van der Waals surface area contributed by atoms with E-state index < -0.39 is 0 Å². The summed E-state index contributed by atoms with van der Waals surface area (Å²) in [6.07, 6.45) is 3.48. The number of carbonyl (C=O) groups is 1. The van der Waals surface area contributed by atoms with Gasteiger partial charge in [0.2, 0.25) is 5.91 Å². The highest BCUT2D eigenvalue weighted by molar-refractivity contribution is 5.76. The number of methoxy groups -OCH3 is 1. The predicted molar refractivity (Wildman–Crippen MR) is 89.1 cm³/mol. The molecule has 1 aliphatic rings. The summed E-state index contributed by atoms with van der Waals surface area (Å²) in [6, 6.07) is 8.25. The summed E-state index contributed by atoms with van der Waals surface area (Å²) in [5, 5.41) is 7.67. The van der Waals surface area contributed by atoms with E-state index in [0.717, 1.165) is 47.7 Å². The second kappa shape index (κ2) is 6.44. The van der Waals surface area contributed by atoms with Gasteiger partial charge in [-0.25, -0.2) is 4.68 Å². The third-order valence-corrected chi connectivity index (χ3v) is 4.28. The Morgan fingerprint density at radius 3 is 2.87 bits per heavy atom. The van der Waals surface area contributed by atoms with E-state index in [1.54, 1.807) is 7.11 Å². The van der Waals surface area contributed by atoms with Crippen molar-refractivity contribution in [3.8, 4) is 11.4 Å². The number of carbonyl (C=O) groups excluding carboxylic acids is 1. The summed E-state index contributed by atoms with van der Waals surface area (Å²) in [5.41, 5.74) is 4.18. The number of benzene rings is 1. The Hall–Kier alpha value is -2.30. The number of aryl methyl sites for hydroxylation is 1. The van der Waals surface area contributed by atoms with Crippen LogP contribution < -0.4 is 10.1 Å². The van der Waals surface area contributed by atoms with Gasteiger partial charge in [0, 0.05) is 24.2 Å². The first-order valence-corrected chi connectivity index (χ1v) is 8.07. The minimum Gasteiger partial charge on any atom is -0.497 e. The zero-order chi connectivity index (χ0) is 16.4. The summed E-state index contributed by atoms with van der Waals surface area (Å²) in [7, 11) is 1.66. The first-order valence-electron chi connectivity index (χ1n) is 8.07. The van der Waals surface area contributed by atoms with Gasteiger partial charge in [0.1, 0.15) is 5.75 Å². The summed E-state index contributed by atoms with van der Waals surface area (Å²) in [5.74, 6) is 0.945. The first-order chi connectivity index (χ1) is 11.1. The van der Waals surface area contributed by atoms with Crippen LogP contribution in [-0.2, 0) is 11.2 Å². The maximum absolute atomic E-state index is 11.9. The van der Waals surface area contributed by atoms with E-state index in [0.29, 0.717) is 12.5 Å². The molecule has 1 N–H and O–H groups in total. The predicted octanol–water partition coefficient (Wildman–Crippen LogP) is 2.71. The van der Waals surface area contributed by atoms with Crippen LogP contribution in [-0.4, -0.2) is 28.8 Å². The van der Waals surface area contributed by atoms with E-state index >= 15 is 0 Å². The van der Waals surface area contributed by atoms with Crippen LogP contribution >= 0.6 is 0 Å². The topological polar surface area (TPSA) is 56.2 Å². The highest BCUT2D eigenvalue weighted by atomic mass is 16.5. The minimum absolute atomic E-state index is 0.139. The van der Waals surface area contributed by atoms with Gasteiger partial charge in [-0.3, -0.25) is 4.79 Å². The van der Waals surface area contributed by atoms with Crippen molar-refractivity contribution in [1.29, 1.82) is 0 Å². The molecule has 0 atom stereocenters. The zero-order valence-corrected chi connectivity index (χ0v) is 13.9. The van der Waals surface area contributed by atoms with Gasteiger partial charge in [0.25, 0.3) is 0 Å². The molecule has 0 unspecified atom stereocenters. The lowest BCUT2D eigenvalue weighted by molar-refractivity contribution is -0.121. The van der Waals surface area contributed by atoms with Gasteiger partial charge >= 0.3 is 0 Å². The van der Waals surface area contributed by atoms with Crippen LogP contribution in [0.5, 0.6) is 5.75 Å². The molecule has 0 bridgehead atoms. The van der Waals surface area contributed by atoms with Crippen LogP contribution in [0.1, 0.15) is 36.2 Å². The minimum atomic E-state index is 0.139. The van der Waals surface area contributed by atoms with Gasteiger partial charge in [-0.15, -0.1) is 0 Å². The summed E-state index contributed by atoms with van der Waals surface area (Å²) < 4.78 is 7.20. The van der Waals surface area contributed by atoms with Gasteiger partial charge in [0.05, 0.1) is 18.5 Å². The summed E-state index contributed by atoms with van der Waals surface area (Å²) in [6.45, 7) is 4.05. The average Bonchev–Trinajstić information content (AvgIpc) is 3.31. The largest absolute Gasteiger partial charge is 0.497 e. The number of ether oxygens (including phenoxy) is 1. The molecule has 2 aromatic rings. The molecular weight excluding hydrogens is 290 g/mol. The highest BCUT2D eigenvalue weighted by Crippen LogP contribution is 2.23. The standard InChI is InChI=1S/C18H23N3O2/c1-12-17(9-10-18(22)19-14-7-8-14)13(2)21(20-12)15-5-4-6-16(11-15)23-3/h4-6,11,14H,7-10H2,1-3H3,(H,19,22). The van der Waals surface area contributed by atoms with Crippen molar-refractivity contribution in [2.75, 3.05) is 7.11 Å². The molecule has 5 nitrogen and oxygen atoms in total. The number of amides is 1. The van der Waals surface area contributed by atoms with E-state index in [2.05, 4.69) is 10.4 Å². The maximum atomic E-state index is 11.9. The molecule has 1 amide bonds. The Morgan fingerprint density at radius 2 is 2.17 bits per heavy atom. The first kappa shape index (κ1) is 15.6. The number of rotatable bonds is 6. The van der Waals surface area contributed by atoms with Crippen LogP contribution in [0.3, 0.4) is 0 Å². The molecule has 23 heavy (non-hydrogen) atoms. The molecule has 1 heterocycles. The van der Waals surface area contributed by atoms with Crippen molar-refractivity contribution in [3.05, 3.63) is 41.2 Å². The summed E-state index contributed by atoms with van der Waals surface area (Å²) >= 11 is 0. The third-order valence-electron chi connectivity index (χ3n) is 4.28. The molecule has 1 aromatic heterocycles. The second-order valence-electron chi connectivity index (χ2n) is 6.10. The Labute approximate surface area is 136 Å². The fraction of sp³-hybridized carbons (Fsp3) is 0.444. The van der Waals surface area contributed by atoms with Crippen molar-refractivity contribution in [2.45, 2.75) is 45.6 Å². The van der Waals surface area contributed by atoms with Gasteiger partial charge in [-0.05, 0) is 50.8 Å². The fourth-order valence-electron chi connectivity index (χ4n) is 2.80. The molecule has 1 aliphatic carbocycles. The van der Waals surface area contributed by atoms with Crippen molar-refractivity contribution in [2.24, 2.45) is 0 Å². The van der Waals surface area contributed by atoms with Crippen LogP contribution in [0, 0.1) is 13.8 Å². The molecule has 122 valence electrons. The van der Waals surface area contributed by atoms with E-state index in [1.165, 1.54) is 0 Å². The lowest BCUT2D eigenvalue weighted by Crippen LogP contribution is -2.25. The number of nitrogens with one attached hydrogen (secondary N) is 1. The smallest absolute Gasteiger partial charge is 0.220 e. The Kier molecular flexibility index (Phi) is 4.37. The van der Waals surface area contributed by atoms with E-state index in [1.807, 2.05) is 42.8 Å². The lowest BCUT2D eigenvalue weighted by atomic mass is 10.1. The molecule has 1 saturated carbocycles. The van der Waals surface area contributed by atoms with Crippen LogP contribution in [0.2, 0.25) is 0 Å². The summed E-state index contributed by atoms with van der Waals surface area (Å²) in [4.78, 5) is 11.9. The van der Waals surface area contributed by atoms with Crippen molar-refractivity contribution in [3.63, 3.8) is 0 Å². The Morgan fingerprint density at radius 1 is 1.39 bits per heavy atom. The highest BCUT2D eigenvalue weighted by Gasteiger charge is 2.23. The van der Waals surface area contributed by atoms with Gasteiger partial charge in [-0.1, -0.05) is 6.07 Å². The second-order valence-corrected chi connectivity index (χ2v) is 6.10. The monoisotopic (exact) mass is 313 g/mol. The van der Waals surface area contributed by atoms with Crippen LogP contribution in [0.15, 0.2) is 24.3 Å².